The van der Waals surface area contributed by atoms with Crippen molar-refractivity contribution >= 4 is 35.1 Å². The lowest BCUT2D eigenvalue weighted by atomic mass is 10.1. The maximum atomic E-state index is 13.5. The number of esters is 1. The quantitative estimate of drug-likeness (QED) is 0.478. The highest BCUT2D eigenvalue weighted by atomic mass is 35.5. The lowest BCUT2D eigenvalue weighted by Crippen LogP contribution is -2.41. The number of carbonyl (C=O) groups is 2. The van der Waals surface area contributed by atoms with E-state index in [1.807, 2.05) is 0 Å². The predicted molar refractivity (Wildman–Crippen MR) is 90.9 cm³/mol. The van der Waals surface area contributed by atoms with E-state index in [-0.39, 0.29) is 27.6 Å². The fourth-order valence-electron chi connectivity index (χ4n) is 2.70. The van der Waals surface area contributed by atoms with Crippen LogP contribution in [0.2, 0.25) is 10.0 Å². The van der Waals surface area contributed by atoms with Gasteiger partial charge in [-0.3, -0.25) is 4.79 Å². The summed E-state index contributed by atoms with van der Waals surface area (Å²) in [7, 11) is 0. The second kappa shape index (κ2) is 8.67. The average Bonchev–Trinajstić information content (AvgIpc) is 2.79. The number of hydrogen-bond acceptors (Lipinski definition) is 3. The van der Waals surface area contributed by atoms with Gasteiger partial charge in [0.25, 0.3) is 5.91 Å². The third-order valence-corrected chi connectivity index (χ3v) is 4.69. The number of hydrogen-bond donors (Lipinski definition) is 1. The molecule has 0 aromatic heterocycles. The number of ether oxygens (including phenoxy) is 1. The highest BCUT2D eigenvalue weighted by molar-refractivity contribution is 6.36. The SMILES string of the molecule is C[C@H](OC(=O)c1cc(F)c(Cl)cc1Cl)C(=O)NC1CCCCCC1. The van der Waals surface area contributed by atoms with E-state index in [1.165, 1.54) is 19.8 Å². The first-order valence-electron chi connectivity index (χ1n) is 8.04. The minimum atomic E-state index is -0.990. The summed E-state index contributed by atoms with van der Waals surface area (Å²) < 4.78 is 18.6. The van der Waals surface area contributed by atoms with Gasteiger partial charge in [0, 0.05) is 6.04 Å². The summed E-state index contributed by atoms with van der Waals surface area (Å²) in [5, 5.41) is 2.70. The van der Waals surface area contributed by atoms with Crippen molar-refractivity contribution in [2.75, 3.05) is 0 Å². The van der Waals surface area contributed by atoms with Gasteiger partial charge in [-0.05, 0) is 31.9 Å². The Hall–Kier alpha value is -1.33. The number of halogens is 3. The molecule has 1 aromatic carbocycles. The van der Waals surface area contributed by atoms with Crippen molar-refractivity contribution in [3.05, 3.63) is 33.6 Å². The number of amides is 1. The molecule has 0 aliphatic heterocycles. The molecule has 1 aliphatic carbocycles. The maximum Gasteiger partial charge on any atom is 0.340 e. The molecule has 1 saturated carbocycles. The van der Waals surface area contributed by atoms with Crippen LogP contribution in [0.1, 0.15) is 55.8 Å². The molecule has 1 fully saturated rings. The van der Waals surface area contributed by atoms with E-state index in [1.54, 1.807) is 0 Å². The molecule has 7 heteroatoms. The van der Waals surface area contributed by atoms with Gasteiger partial charge in [0.2, 0.25) is 0 Å². The van der Waals surface area contributed by atoms with Crippen molar-refractivity contribution in [2.24, 2.45) is 0 Å². The summed E-state index contributed by atoms with van der Waals surface area (Å²) in [5.41, 5.74) is -0.160. The predicted octanol–water partition coefficient (Wildman–Crippen LogP) is 4.52. The second-order valence-corrected chi connectivity index (χ2v) is 6.81. The van der Waals surface area contributed by atoms with Crippen LogP contribution in [0.3, 0.4) is 0 Å². The van der Waals surface area contributed by atoms with Crippen molar-refractivity contribution in [3.63, 3.8) is 0 Å². The van der Waals surface area contributed by atoms with Crippen LogP contribution in [0.25, 0.3) is 0 Å². The van der Waals surface area contributed by atoms with Crippen LogP contribution in [0.15, 0.2) is 12.1 Å². The van der Waals surface area contributed by atoms with Crippen molar-refractivity contribution in [2.45, 2.75) is 57.6 Å². The zero-order valence-corrected chi connectivity index (χ0v) is 14.9. The Balaban J connectivity index is 1.95. The second-order valence-electron chi connectivity index (χ2n) is 5.99. The van der Waals surface area contributed by atoms with Crippen molar-refractivity contribution in [1.29, 1.82) is 0 Å². The summed E-state index contributed by atoms with van der Waals surface area (Å²) >= 11 is 11.5. The first kappa shape index (κ1) is 19.0. The summed E-state index contributed by atoms with van der Waals surface area (Å²) in [4.78, 5) is 24.3. The molecule has 1 aromatic rings. The molecule has 2 rings (SSSR count). The molecule has 0 unspecified atom stereocenters. The van der Waals surface area contributed by atoms with Gasteiger partial charge < -0.3 is 10.1 Å². The fraction of sp³-hybridized carbons (Fsp3) is 0.529. The van der Waals surface area contributed by atoms with Gasteiger partial charge in [-0.15, -0.1) is 0 Å². The van der Waals surface area contributed by atoms with Crippen LogP contribution < -0.4 is 5.32 Å². The van der Waals surface area contributed by atoms with Crippen LogP contribution in [0, 0.1) is 5.82 Å². The normalized spacial score (nSPS) is 17.0. The zero-order chi connectivity index (χ0) is 17.7. The third-order valence-electron chi connectivity index (χ3n) is 4.08. The number of rotatable bonds is 4. The van der Waals surface area contributed by atoms with Crippen LogP contribution >= 0.6 is 23.2 Å². The molecule has 4 nitrogen and oxygen atoms in total. The minimum absolute atomic E-state index is 0.0252. The van der Waals surface area contributed by atoms with E-state index in [2.05, 4.69) is 5.32 Å². The molecule has 0 heterocycles. The molecule has 24 heavy (non-hydrogen) atoms. The van der Waals surface area contributed by atoms with Gasteiger partial charge in [0.15, 0.2) is 6.10 Å². The Kier molecular flexibility index (Phi) is 6.87. The van der Waals surface area contributed by atoms with E-state index in [4.69, 9.17) is 27.9 Å². The summed E-state index contributed by atoms with van der Waals surface area (Å²) in [6.45, 7) is 1.48. The molecular weight excluding hydrogens is 356 g/mol. The molecular formula is C17H20Cl2FNO3. The monoisotopic (exact) mass is 375 g/mol. The van der Waals surface area contributed by atoms with E-state index < -0.39 is 17.9 Å². The highest BCUT2D eigenvalue weighted by Crippen LogP contribution is 2.25. The Morgan fingerprint density at radius 1 is 1.17 bits per heavy atom. The van der Waals surface area contributed by atoms with Gasteiger partial charge in [-0.1, -0.05) is 48.9 Å². The van der Waals surface area contributed by atoms with Crippen LogP contribution in [0.4, 0.5) is 4.39 Å². The van der Waals surface area contributed by atoms with Gasteiger partial charge in [-0.25, -0.2) is 9.18 Å². The molecule has 1 aliphatic rings. The van der Waals surface area contributed by atoms with E-state index in [0.29, 0.717) is 0 Å². The molecule has 1 atom stereocenters. The fourth-order valence-corrected chi connectivity index (χ4v) is 3.16. The number of nitrogens with one attached hydrogen (secondary N) is 1. The summed E-state index contributed by atoms with van der Waals surface area (Å²) in [5.74, 6) is -2.00. The standard InChI is InChI=1S/C17H20Cl2FNO3/c1-10(16(22)21-11-6-4-2-3-5-7-11)24-17(23)12-8-15(20)14(19)9-13(12)18/h8-11H,2-7H2,1H3,(H,21,22)/t10-/m0/s1. The van der Waals surface area contributed by atoms with Crippen molar-refractivity contribution < 1.29 is 18.7 Å². The van der Waals surface area contributed by atoms with Crippen LogP contribution in [-0.2, 0) is 9.53 Å². The Morgan fingerprint density at radius 3 is 2.42 bits per heavy atom. The van der Waals surface area contributed by atoms with Crippen LogP contribution in [-0.4, -0.2) is 24.0 Å². The smallest absolute Gasteiger partial charge is 0.340 e. The lowest BCUT2D eigenvalue weighted by molar-refractivity contribution is -0.129. The Bertz CT molecular complexity index is 616. The van der Waals surface area contributed by atoms with Crippen LogP contribution in [0.5, 0.6) is 0 Å². The minimum Gasteiger partial charge on any atom is -0.449 e. The molecule has 1 N–H and O–H groups in total. The highest BCUT2D eigenvalue weighted by Gasteiger charge is 2.24. The van der Waals surface area contributed by atoms with Gasteiger partial charge in [-0.2, -0.15) is 0 Å². The first-order valence-corrected chi connectivity index (χ1v) is 8.80. The van der Waals surface area contributed by atoms with Crippen molar-refractivity contribution in [3.8, 4) is 0 Å². The van der Waals surface area contributed by atoms with Gasteiger partial charge in [0.05, 0.1) is 15.6 Å². The summed E-state index contributed by atoms with van der Waals surface area (Å²) in [6, 6.07) is 2.14. The first-order chi connectivity index (χ1) is 11.4. The van der Waals surface area contributed by atoms with Gasteiger partial charge in [0.1, 0.15) is 5.82 Å². The van der Waals surface area contributed by atoms with Crippen molar-refractivity contribution in [1.82, 2.24) is 5.32 Å². The average molecular weight is 376 g/mol. The molecule has 0 saturated heterocycles. The lowest BCUT2D eigenvalue weighted by Gasteiger charge is -2.19. The third kappa shape index (κ3) is 5.08. The number of carbonyl (C=O) groups excluding carboxylic acids is 2. The van der Waals surface area contributed by atoms with Gasteiger partial charge >= 0.3 is 5.97 Å². The maximum absolute atomic E-state index is 13.5. The molecule has 0 spiro atoms. The van der Waals surface area contributed by atoms with E-state index in [9.17, 15) is 14.0 Å². The zero-order valence-electron chi connectivity index (χ0n) is 13.4. The molecule has 132 valence electrons. The Labute approximate surface area is 150 Å². The Morgan fingerprint density at radius 2 is 1.79 bits per heavy atom. The molecule has 1 amide bonds. The number of benzene rings is 1. The summed E-state index contributed by atoms with van der Waals surface area (Å²) in [6.07, 6.45) is 5.39. The molecule has 0 bridgehead atoms. The molecule has 0 radical (unpaired) electrons. The van der Waals surface area contributed by atoms with E-state index in [0.717, 1.165) is 37.8 Å². The largest absolute Gasteiger partial charge is 0.449 e. The topological polar surface area (TPSA) is 55.4 Å². The van der Waals surface area contributed by atoms with E-state index >= 15 is 0 Å².